The van der Waals surface area contributed by atoms with Crippen LogP contribution in [0.5, 0.6) is 5.75 Å². The van der Waals surface area contributed by atoms with E-state index in [2.05, 4.69) is 27.1 Å². The van der Waals surface area contributed by atoms with Crippen molar-refractivity contribution >= 4 is 69.1 Å². The average Bonchev–Trinajstić information content (AvgIpc) is 3.83. The number of likely N-dealkylation sites (N-methyl/N-ethyl adjacent to an activating group) is 1. The first kappa shape index (κ1) is 36.0. The van der Waals surface area contributed by atoms with Crippen molar-refractivity contribution in [3.05, 3.63) is 96.6 Å². The largest absolute Gasteiger partial charge is 0.494 e. The van der Waals surface area contributed by atoms with E-state index in [0.29, 0.717) is 95.4 Å². The molecule has 1 atom stereocenters. The highest BCUT2D eigenvalue weighted by atomic mass is 19.1. The van der Waals surface area contributed by atoms with Gasteiger partial charge in [-0.05, 0) is 74.7 Å². The van der Waals surface area contributed by atoms with Crippen molar-refractivity contribution in [3.63, 3.8) is 0 Å². The van der Waals surface area contributed by atoms with E-state index >= 15 is 4.39 Å². The van der Waals surface area contributed by atoms with Gasteiger partial charge in [-0.25, -0.2) is 14.4 Å². The SMILES string of the molecule is [2H]C1([2H])N(CC2CCN(CCN(C)c3cc(OC)c(Nc4nccc(-c5cn(C)c6ccccc56)n4)cc3NC(=O)C=C)CC2)C([2H])([2H])C([2H])([2H])N(c2cc3c(cc2F)C(=O)N(C2CCC(=O)NC2=O)C3=O)C1([2H])[2H]. The Balaban J connectivity index is 0.871. The number of carbonyl (C=O) groups excluding carboxylic acids is 5. The van der Waals surface area contributed by atoms with Crippen molar-refractivity contribution in [2.45, 2.75) is 31.7 Å². The maximum atomic E-state index is 16.2. The van der Waals surface area contributed by atoms with Crippen molar-refractivity contribution < 1.29 is 44.1 Å². The normalized spacial score (nSPS) is 23.1. The van der Waals surface area contributed by atoms with Crippen molar-refractivity contribution in [2.75, 3.05) is 93.3 Å². The smallest absolute Gasteiger partial charge is 0.262 e. The van der Waals surface area contributed by atoms with Crippen LogP contribution in [0.2, 0.25) is 0 Å². The second-order valence-electron chi connectivity index (χ2n) is 16.7. The number of hydrogen-bond donors (Lipinski definition) is 3. The second kappa shape index (κ2) is 19.0. The number of likely N-dealkylation sites (tertiary alicyclic amines) is 1. The van der Waals surface area contributed by atoms with E-state index in [-0.39, 0.29) is 17.7 Å². The summed E-state index contributed by atoms with van der Waals surface area (Å²) in [5, 5.41) is 9.22. The number of methoxy groups -OCH3 is 1. The van der Waals surface area contributed by atoms with E-state index < -0.39 is 96.7 Å². The van der Waals surface area contributed by atoms with E-state index in [4.69, 9.17) is 20.7 Å². The first-order valence-corrected chi connectivity index (χ1v) is 21.8. The van der Waals surface area contributed by atoms with Crippen LogP contribution in [0.15, 0.2) is 79.6 Å². The molecule has 4 aliphatic rings. The van der Waals surface area contributed by atoms with E-state index in [0.717, 1.165) is 22.5 Å². The molecule has 17 nitrogen and oxygen atoms in total. The van der Waals surface area contributed by atoms with Crippen LogP contribution in [0.25, 0.3) is 22.2 Å². The molecule has 9 rings (SSSR count). The van der Waals surface area contributed by atoms with Crippen LogP contribution in [-0.4, -0.2) is 138 Å². The van der Waals surface area contributed by atoms with Crippen molar-refractivity contribution in [1.29, 1.82) is 0 Å². The van der Waals surface area contributed by atoms with Crippen LogP contribution in [0.3, 0.4) is 0 Å². The molecule has 3 aromatic carbocycles. The fourth-order valence-electron chi connectivity index (χ4n) is 8.87. The van der Waals surface area contributed by atoms with Gasteiger partial charge in [0.2, 0.25) is 23.7 Å². The third kappa shape index (κ3) is 9.18. The van der Waals surface area contributed by atoms with E-state index in [9.17, 15) is 24.0 Å². The minimum absolute atomic E-state index is 0.00608. The number of hydrogen-bond acceptors (Lipinski definition) is 13. The Hall–Kier alpha value is -7.18. The molecule has 18 heteroatoms. The highest BCUT2D eigenvalue weighted by Gasteiger charge is 2.45. The number of nitrogens with zero attached hydrogens (tertiary/aromatic N) is 8. The van der Waals surface area contributed by atoms with Crippen LogP contribution < -0.4 is 30.5 Å². The summed E-state index contributed by atoms with van der Waals surface area (Å²) in [6.45, 7) is -8.50. The van der Waals surface area contributed by atoms with Gasteiger partial charge in [0.15, 0.2) is 0 Å². The molecule has 348 valence electrons. The number of ether oxygens (including phenoxy) is 1. The van der Waals surface area contributed by atoms with Crippen molar-refractivity contribution in [1.82, 2.24) is 34.6 Å². The number of imide groups is 2. The van der Waals surface area contributed by atoms with Gasteiger partial charge < -0.3 is 34.6 Å². The van der Waals surface area contributed by atoms with Crippen molar-refractivity contribution in [2.24, 2.45) is 13.0 Å². The van der Waals surface area contributed by atoms with Gasteiger partial charge in [-0.2, -0.15) is 0 Å². The molecule has 0 bridgehead atoms. The molecule has 3 fully saturated rings. The van der Waals surface area contributed by atoms with E-state index in [1.165, 1.54) is 7.11 Å². The summed E-state index contributed by atoms with van der Waals surface area (Å²) in [4.78, 5) is 78.5. The van der Waals surface area contributed by atoms with Crippen molar-refractivity contribution in [3.8, 4) is 17.0 Å². The number of piperidine rings is 2. The molecular weight excluding hydrogens is 858 g/mol. The summed E-state index contributed by atoms with van der Waals surface area (Å²) < 4.78 is 96.4. The minimum Gasteiger partial charge on any atom is -0.494 e. The first-order chi connectivity index (χ1) is 35.4. The molecule has 6 heterocycles. The lowest BCUT2D eigenvalue weighted by atomic mass is 9.96. The van der Waals surface area contributed by atoms with Gasteiger partial charge in [0.1, 0.15) is 17.6 Å². The van der Waals surface area contributed by atoms with E-state index in [1.54, 1.807) is 18.3 Å². The molecule has 0 saturated carbocycles. The number of piperazine rings is 1. The fourth-order valence-corrected chi connectivity index (χ4v) is 8.87. The number of carbonyl (C=O) groups is 5. The van der Waals surface area contributed by atoms with Crippen LogP contribution >= 0.6 is 0 Å². The monoisotopic (exact) mass is 919 g/mol. The summed E-state index contributed by atoms with van der Waals surface area (Å²) in [6.07, 6.45) is 5.23. The molecule has 0 radical (unpaired) electrons. The number of fused-ring (bicyclic) bond motifs is 2. The number of aromatic nitrogens is 3. The fraction of sp³-hybridized carbons (Fsp3) is 0.367. The molecule has 0 spiro atoms. The number of halogens is 1. The first-order valence-electron chi connectivity index (χ1n) is 25.8. The lowest BCUT2D eigenvalue weighted by Crippen LogP contribution is -2.54. The Morgan fingerprint density at radius 2 is 1.73 bits per heavy atom. The Bertz CT molecular complexity index is 3140. The Morgan fingerprint density at radius 1 is 0.985 bits per heavy atom. The lowest BCUT2D eigenvalue weighted by Gasteiger charge is -2.40. The van der Waals surface area contributed by atoms with Gasteiger partial charge in [-0.1, -0.05) is 24.8 Å². The molecule has 3 N–H and O–H groups in total. The Labute approximate surface area is 398 Å². The molecule has 67 heavy (non-hydrogen) atoms. The molecule has 2 aromatic heterocycles. The average molecular weight is 920 g/mol. The van der Waals surface area contributed by atoms with Gasteiger partial charge in [0.25, 0.3) is 11.8 Å². The van der Waals surface area contributed by atoms with Gasteiger partial charge in [0.05, 0.1) is 52.2 Å². The second-order valence-corrected chi connectivity index (χ2v) is 16.7. The molecule has 5 aromatic rings. The number of rotatable bonds is 14. The predicted molar refractivity (Wildman–Crippen MR) is 253 cm³/mol. The molecule has 5 amide bonds. The zero-order chi connectivity index (χ0) is 54.1. The summed E-state index contributed by atoms with van der Waals surface area (Å²) >= 11 is 0. The van der Waals surface area contributed by atoms with Crippen LogP contribution in [0.1, 0.15) is 57.4 Å². The lowest BCUT2D eigenvalue weighted by molar-refractivity contribution is -0.136. The minimum atomic E-state index is -3.49. The Kier molecular flexibility index (Phi) is 10.2. The summed E-state index contributed by atoms with van der Waals surface area (Å²) in [5.41, 5.74) is 2.14. The Morgan fingerprint density at radius 3 is 2.46 bits per heavy atom. The summed E-state index contributed by atoms with van der Waals surface area (Å²) in [7, 11) is 5.34. The zero-order valence-electron chi connectivity index (χ0n) is 45.1. The number of aryl methyl sites for hydroxylation is 1. The topological polar surface area (TPSA) is 178 Å². The summed E-state index contributed by atoms with van der Waals surface area (Å²) in [5.74, 6) is -5.32. The van der Waals surface area contributed by atoms with Crippen LogP contribution in [0, 0.1) is 11.7 Å². The van der Waals surface area contributed by atoms with Gasteiger partial charge in [-0.3, -0.25) is 39.1 Å². The number of benzene rings is 3. The third-order valence-corrected chi connectivity index (χ3v) is 12.5. The quantitative estimate of drug-likeness (QED) is 0.100. The molecule has 1 unspecified atom stereocenters. The number of nitrogens with one attached hydrogen (secondary N) is 3. The van der Waals surface area contributed by atoms with Gasteiger partial charge in [-0.15, -0.1) is 0 Å². The van der Waals surface area contributed by atoms with Crippen LogP contribution in [0.4, 0.5) is 33.1 Å². The highest BCUT2D eigenvalue weighted by molar-refractivity contribution is 6.23. The van der Waals surface area contributed by atoms with E-state index in [1.807, 2.05) is 65.4 Å². The molecule has 4 aliphatic heterocycles. The molecule has 0 aliphatic carbocycles. The standard InChI is InChI=1S/C49H54FN11O6/c1-5-44(62)52-37-26-38(54-49-51-15-12-36(53-49)34-29-57(3)39-9-7-6-8-31(34)39)43(67-4)27-42(37)56(2)18-19-58-16-13-30(14-17-58)28-59-20-22-60(23-21-59)41-25-33-32(24-35(41)50)47(65)61(48(33)66)40-10-11-45(63)55-46(40)64/h5-9,12,15,24-27,29-30,40H,1,10-11,13-14,16-23,28H2,2-4H3,(H,52,62)(H,51,53,54)(H,55,63,64)/i20D2,21D2,22D2,23D2. The third-order valence-electron chi connectivity index (χ3n) is 12.5. The maximum absolute atomic E-state index is 16.2. The van der Waals surface area contributed by atoms with Gasteiger partial charge >= 0.3 is 0 Å². The van der Waals surface area contributed by atoms with Crippen LogP contribution in [-0.2, 0) is 21.4 Å². The maximum Gasteiger partial charge on any atom is 0.262 e. The number of para-hydroxylation sites is 1. The molecular formula is C49H54FN11O6. The highest BCUT2D eigenvalue weighted by Crippen LogP contribution is 2.39. The predicted octanol–water partition coefficient (Wildman–Crippen LogP) is 5.02. The van der Waals surface area contributed by atoms with Gasteiger partial charge in [0, 0.05) is 107 Å². The number of anilines is 5. The molecule has 3 saturated heterocycles. The zero-order valence-corrected chi connectivity index (χ0v) is 37.1. The number of amides is 5. The summed E-state index contributed by atoms with van der Waals surface area (Å²) in [6, 6.07) is 13.1.